The highest BCUT2D eigenvalue weighted by Crippen LogP contribution is 2.29. The van der Waals surface area contributed by atoms with Gasteiger partial charge in [-0.1, -0.05) is 42.5 Å². The van der Waals surface area contributed by atoms with Crippen LogP contribution in [0.5, 0.6) is 0 Å². The molecule has 1 amide bonds. The van der Waals surface area contributed by atoms with Crippen LogP contribution in [0.2, 0.25) is 0 Å². The zero-order chi connectivity index (χ0) is 26.1. The van der Waals surface area contributed by atoms with Crippen molar-refractivity contribution in [3.8, 4) is 0 Å². The van der Waals surface area contributed by atoms with Crippen molar-refractivity contribution in [1.29, 1.82) is 0 Å². The molecule has 0 aliphatic rings. The van der Waals surface area contributed by atoms with Crippen LogP contribution in [0, 0.1) is 10.1 Å². The normalized spacial score (nSPS) is 11.3. The average Bonchev–Trinajstić information content (AvgIpc) is 2.89. The van der Waals surface area contributed by atoms with Gasteiger partial charge in [0.2, 0.25) is 0 Å². The first-order valence-corrected chi connectivity index (χ1v) is 12.7. The minimum atomic E-state index is -4.45. The fourth-order valence-corrected chi connectivity index (χ4v) is 5.14. The second-order valence-corrected chi connectivity index (χ2v) is 9.46. The zero-order valence-electron chi connectivity index (χ0n) is 19.9. The molecule has 0 spiro atoms. The SMILES string of the molecule is CCN(CC)c1ccc(/C=N\NC(=O)CN(c2ccccc2)S(=O)(=O)c2ccccc2[N+](=O)[O-])cc1. The predicted octanol–water partition coefficient (Wildman–Crippen LogP) is 3.79. The lowest BCUT2D eigenvalue weighted by Gasteiger charge is -2.23. The van der Waals surface area contributed by atoms with E-state index in [0.29, 0.717) is 0 Å². The van der Waals surface area contributed by atoms with Crippen molar-refractivity contribution < 1.29 is 18.1 Å². The fraction of sp³-hybridized carbons (Fsp3) is 0.200. The Morgan fingerprint density at radius 3 is 2.17 bits per heavy atom. The van der Waals surface area contributed by atoms with Crippen molar-refractivity contribution in [2.75, 3.05) is 28.8 Å². The van der Waals surface area contributed by atoms with Gasteiger partial charge in [-0.15, -0.1) is 0 Å². The number of nitrogens with zero attached hydrogens (tertiary/aromatic N) is 4. The molecular formula is C25H27N5O5S. The van der Waals surface area contributed by atoms with Crippen LogP contribution in [0.4, 0.5) is 17.1 Å². The van der Waals surface area contributed by atoms with Crippen LogP contribution in [0.25, 0.3) is 0 Å². The van der Waals surface area contributed by atoms with Gasteiger partial charge in [0.15, 0.2) is 4.90 Å². The van der Waals surface area contributed by atoms with E-state index in [0.717, 1.165) is 40.8 Å². The molecule has 3 aromatic carbocycles. The molecular weight excluding hydrogens is 482 g/mol. The Morgan fingerprint density at radius 1 is 0.944 bits per heavy atom. The number of benzene rings is 3. The van der Waals surface area contributed by atoms with Crippen LogP contribution in [0.1, 0.15) is 19.4 Å². The number of sulfonamides is 1. The average molecular weight is 510 g/mol. The molecule has 0 aliphatic carbocycles. The summed E-state index contributed by atoms with van der Waals surface area (Å²) in [5.41, 5.74) is 3.75. The summed E-state index contributed by atoms with van der Waals surface area (Å²) in [5, 5.41) is 15.4. The molecule has 3 rings (SSSR count). The fourth-order valence-electron chi connectivity index (χ4n) is 3.56. The molecule has 3 aromatic rings. The maximum atomic E-state index is 13.4. The Kier molecular flexibility index (Phi) is 8.74. The van der Waals surface area contributed by atoms with Gasteiger partial charge in [0.25, 0.3) is 21.6 Å². The first kappa shape index (κ1) is 26.4. The van der Waals surface area contributed by atoms with E-state index in [1.807, 2.05) is 24.3 Å². The Bertz CT molecular complexity index is 1320. The van der Waals surface area contributed by atoms with E-state index in [1.54, 1.807) is 18.2 Å². The summed E-state index contributed by atoms with van der Waals surface area (Å²) >= 11 is 0. The van der Waals surface area contributed by atoms with Crippen LogP contribution < -0.4 is 14.6 Å². The number of hydrogen-bond acceptors (Lipinski definition) is 7. The zero-order valence-corrected chi connectivity index (χ0v) is 20.8. The summed E-state index contributed by atoms with van der Waals surface area (Å²) in [5.74, 6) is -0.711. The largest absolute Gasteiger partial charge is 0.372 e. The molecule has 0 atom stereocenters. The second-order valence-electron chi connectivity index (χ2n) is 7.63. The third kappa shape index (κ3) is 6.25. The van der Waals surface area contributed by atoms with E-state index in [-0.39, 0.29) is 5.69 Å². The summed E-state index contributed by atoms with van der Waals surface area (Å²) in [6.45, 7) is 5.28. The Hall–Kier alpha value is -4.25. The maximum absolute atomic E-state index is 13.4. The van der Waals surface area contributed by atoms with E-state index in [4.69, 9.17) is 0 Å². The van der Waals surface area contributed by atoms with Crippen molar-refractivity contribution in [1.82, 2.24) is 5.43 Å². The molecule has 0 unspecified atom stereocenters. The van der Waals surface area contributed by atoms with Crippen molar-refractivity contribution >= 4 is 39.2 Å². The number of amides is 1. The molecule has 0 fully saturated rings. The van der Waals surface area contributed by atoms with Crippen LogP contribution in [0.3, 0.4) is 0 Å². The number of para-hydroxylation sites is 2. The Balaban J connectivity index is 1.80. The molecule has 0 aliphatic heterocycles. The number of carbonyl (C=O) groups is 1. The minimum absolute atomic E-state index is 0.182. The number of nitrogens with one attached hydrogen (secondary N) is 1. The highest BCUT2D eigenvalue weighted by molar-refractivity contribution is 7.93. The summed E-state index contributed by atoms with van der Waals surface area (Å²) < 4.78 is 27.7. The molecule has 0 heterocycles. The van der Waals surface area contributed by atoms with Crippen LogP contribution >= 0.6 is 0 Å². The molecule has 11 heteroatoms. The van der Waals surface area contributed by atoms with E-state index in [2.05, 4.69) is 29.3 Å². The van der Waals surface area contributed by atoms with Gasteiger partial charge in [0, 0.05) is 24.8 Å². The van der Waals surface area contributed by atoms with Crippen LogP contribution in [-0.4, -0.2) is 45.1 Å². The molecule has 0 radical (unpaired) electrons. The highest BCUT2D eigenvalue weighted by atomic mass is 32.2. The van der Waals surface area contributed by atoms with E-state index < -0.39 is 38.0 Å². The lowest BCUT2D eigenvalue weighted by Crippen LogP contribution is -2.39. The van der Waals surface area contributed by atoms with Crippen molar-refractivity contribution in [2.45, 2.75) is 18.7 Å². The van der Waals surface area contributed by atoms with Crippen LogP contribution in [-0.2, 0) is 14.8 Å². The summed E-state index contributed by atoms with van der Waals surface area (Å²) in [7, 11) is -4.45. The van der Waals surface area contributed by atoms with Crippen molar-refractivity contribution in [3.63, 3.8) is 0 Å². The third-order valence-electron chi connectivity index (χ3n) is 5.39. The topological polar surface area (TPSA) is 125 Å². The molecule has 10 nitrogen and oxygen atoms in total. The number of nitro groups is 1. The van der Waals surface area contributed by atoms with Gasteiger partial charge in [-0.25, -0.2) is 13.8 Å². The van der Waals surface area contributed by atoms with Gasteiger partial charge in [-0.3, -0.25) is 19.2 Å². The first-order chi connectivity index (χ1) is 17.3. The molecule has 0 bridgehead atoms. The summed E-state index contributed by atoms with van der Waals surface area (Å²) in [4.78, 5) is 25.0. The van der Waals surface area contributed by atoms with Gasteiger partial charge < -0.3 is 4.90 Å². The Morgan fingerprint density at radius 2 is 1.56 bits per heavy atom. The molecule has 0 saturated carbocycles. The molecule has 36 heavy (non-hydrogen) atoms. The standard InChI is InChI=1S/C25H27N5O5S/c1-3-28(4-2)21-16-14-20(15-17-21)18-26-27-25(31)19-29(22-10-6-5-7-11-22)36(34,35)24-13-9-8-12-23(24)30(32)33/h5-18H,3-4,19H2,1-2H3,(H,27,31)/b26-18-. The minimum Gasteiger partial charge on any atom is -0.372 e. The predicted molar refractivity (Wildman–Crippen MR) is 140 cm³/mol. The molecule has 0 aromatic heterocycles. The lowest BCUT2D eigenvalue weighted by atomic mass is 10.2. The number of rotatable bonds is 11. The van der Waals surface area contributed by atoms with E-state index in [1.165, 1.54) is 30.5 Å². The highest BCUT2D eigenvalue weighted by Gasteiger charge is 2.33. The molecule has 0 saturated heterocycles. The van der Waals surface area contributed by atoms with Gasteiger partial charge in [-0.05, 0) is 49.7 Å². The number of carbonyl (C=O) groups excluding carboxylic acids is 1. The number of hydrazone groups is 1. The van der Waals surface area contributed by atoms with Gasteiger partial charge in [0.1, 0.15) is 6.54 Å². The van der Waals surface area contributed by atoms with E-state index >= 15 is 0 Å². The smallest absolute Gasteiger partial charge is 0.289 e. The van der Waals surface area contributed by atoms with Gasteiger partial charge in [0.05, 0.1) is 16.8 Å². The number of nitro benzene ring substituents is 1. The lowest BCUT2D eigenvalue weighted by molar-refractivity contribution is -0.387. The summed E-state index contributed by atoms with van der Waals surface area (Å²) in [6.07, 6.45) is 1.45. The van der Waals surface area contributed by atoms with Crippen molar-refractivity contribution in [3.05, 3.63) is 94.5 Å². The van der Waals surface area contributed by atoms with Crippen molar-refractivity contribution in [2.24, 2.45) is 5.10 Å². The maximum Gasteiger partial charge on any atom is 0.289 e. The number of anilines is 2. The van der Waals surface area contributed by atoms with Gasteiger partial charge in [-0.2, -0.15) is 5.10 Å². The molecule has 1 N–H and O–H groups in total. The van der Waals surface area contributed by atoms with Gasteiger partial charge >= 0.3 is 0 Å². The summed E-state index contributed by atoms with van der Waals surface area (Å²) in [6, 6.07) is 20.5. The monoisotopic (exact) mass is 509 g/mol. The second kappa shape index (κ2) is 11.9. The third-order valence-corrected chi connectivity index (χ3v) is 7.21. The number of hydrogen-bond donors (Lipinski definition) is 1. The van der Waals surface area contributed by atoms with E-state index in [9.17, 15) is 23.3 Å². The first-order valence-electron chi connectivity index (χ1n) is 11.3. The van der Waals surface area contributed by atoms with Crippen LogP contribution in [0.15, 0.2) is 88.9 Å². The molecule has 188 valence electrons. The quantitative estimate of drug-likeness (QED) is 0.238. The Labute approximate surface area is 210 Å².